The molecule has 0 spiro atoms. The van der Waals surface area contributed by atoms with Gasteiger partial charge in [0.25, 0.3) is 0 Å². The van der Waals surface area contributed by atoms with Gasteiger partial charge in [-0.05, 0) is 49.8 Å². The molecule has 0 bridgehead atoms. The summed E-state index contributed by atoms with van der Waals surface area (Å²) in [6.07, 6.45) is 3.06. The molecule has 2 heteroatoms. The maximum atomic E-state index is 5.94. The van der Waals surface area contributed by atoms with E-state index in [0.29, 0.717) is 6.04 Å². The van der Waals surface area contributed by atoms with Crippen molar-refractivity contribution < 1.29 is 4.74 Å². The third-order valence-corrected chi connectivity index (χ3v) is 3.27. The number of aryl methyl sites for hydroxylation is 2. The molecule has 0 aliphatic carbocycles. The normalized spacial score (nSPS) is 12.6. The Balaban J connectivity index is 2.84. The minimum atomic E-state index is 0.298. The predicted octanol–water partition coefficient (Wildman–Crippen LogP) is 2.98. The molecule has 0 saturated heterocycles. The molecule has 16 heavy (non-hydrogen) atoms. The standard InChI is InChI=1S/C14H23NO/c1-5-13(15)9-8-12-7-6-10(2)11(3)14(12)16-4/h6-7,13H,5,8-9,15H2,1-4H3. The fraction of sp³-hybridized carbons (Fsp3) is 0.571. The number of nitrogens with two attached hydrogens (primary N) is 1. The van der Waals surface area contributed by atoms with E-state index in [4.69, 9.17) is 10.5 Å². The van der Waals surface area contributed by atoms with Crippen LogP contribution in [0, 0.1) is 13.8 Å². The molecular weight excluding hydrogens is 198 g/mol. The first-order chi connectivity index (χ1) is 7.60. The monoisotopic (exact) mass is 221 g/mol. The Labute approximate surface area is 98.8 Å². The molecule has 1 rings (SSSR count). The molecule has 1 aromatic rings. The summed E-state index contributed by atoms with van der Waals surface area (Å²) in [5.74, 6) is 1.03. The molecule has 1 aromatic carbocycles. The van der Waals surface area contributed by atoms with Gasteiger partial charge in [-0.1, -0.05) is 19.1 Å². The molecular formula is C14H23NO. The predicted molar refractivity (Wildman–Crippen MR) is 69.1 cm³/mol. The van der Waals surface area contributed by atoms with Crippen LogP contribution in [0.1, 0.15) is 36.5 Å². The van der Waals surface area contributed by atoms with Crippen molar-refractivity contribution >= 4 is 0 Å². The van der Waals surface area contributed by atoms with Gasteiger partial charge in [0.1, 0.15) is 5.75 Å². The van der Waals surface area contributed by atoms with Gasteiger partial charge in [-0.15, -0.1) is 0 Å². The van der Waals surface area contributed by atoms with E-state index >= 15 is 0 Å². The van der Waals surface area contributed by atoms with Crippen LogP contribution < -0.4 is 10.5 Å². The van der Waals surface area contributed by atoms with Crippen molar-refractivity contribution in [2.24, 2.45) is 5.73 Å². The zero-order chi connectivity index (χ0) is 12.1. The van der Waals surface area contributed by atoms with Gasteiger partial charge in [0.15, 0.2) is 0 Å². The molecule has 0 heterocycles. The zero-order valence-corrected chi connectivity index (χ0v) is 10.8. The molecule has 0 aliphatic rings. The largest absolute Gasteiger partial charge is 0.496 e. The lowest BCUT2D eigenvalue weighted by Crippen LogP contribution is -2.19. The zero-order valence-electron chi connectivity index (χ0n) is 10.8. The maximum absolute atomic E-state index is 5.94. The van der Waals surface area contributed by atoms with Crippen LogP contribution in [0.3, 0.4) is 0 Å². The van der Waals surface area contributed by atoms with Crippen LogP contribution in [0.15, 0.2) is 12.1 Å². The third kappa shape index (κ3) is 2.99. The molecule has 2 nitrogen and oxygen atoms in total. The van der Waals surface area contributed by atoms with E-state index in [-0.39, 0.29) is 0 Å². The summed E-state index contributed by atoms with van der Waals surface area (Å²) in [7, 11) is 1.74. The first-order valence-corrected chi connectivity index (χ1v) is 5.98. The minimum absolute atomic E-state index is 0.298. The molecule has 0 aliphatic heterocycles. The average Bonchev–Trinajstić information content (AvgIpc) is 2.30. The summed E-state index contributed by atoms with van der Waals surface area (Å²) in [6, 6.07) is 4.61. The lowest BCUT2D eigenvalue weighted by Gasteiger charge is -2.15. The Morgan fingerprint density at radius 3 is 2.56 bits per heavy atom. The molecule has 0 radical (unpaired) electrons. The smallest absolute Gasteiger partial charge is 0.125 e. The van der Waals surface area contributed by atoms with Gasteiger partial charge in [0.05, 0.1) is 7.11 Å². The van der Waals surface area contributed by atoms with E-state index in [1.807, 2.05) is 0 Å². The SMILES string of the molecule is CCC(N)CCc1ccc(C)c(C)c1OC. The topological polar surface area (TPSA) is 35.2 Å². The Bertz CT molecular complexity index is 347. The summed E-state index contributed by atoms with van der Waals surface area (Å²) >= 11 is 0. The summed E-state index contributed by atoms with van der Waals surface area (Å²) in [5.41, 5.74) is 9.73. The van der Waals surface area contributed by atoms with Gasteiger partial charge < -0.3 is 10.5 Å². The number of methoxy groups -OCH3 is 1. The van der Waals surface area contributed by atoms with E-state index < -0.39 is 0 Å². The van der Waals surface area contributed by atoms with Crippen LogP contribution >= 0.6 is 0 Å². The van der Waals surface area contributed by atoms with Crippen molar-refractivity contribution in [2.45, 2.75) is 46.1 Å². The van der Waals surface area contributed by atoms with Gasteiger partial charge >= 0.3 is 0 Å². The molecule has 2 N–H and O–H groups in total. The average molecular weight is 221 g/mol. The van der Waals surface area contributed by atoms with Crippen LogP contribution in [0.4, 0.5) is 0 Å². The van der Waals surface area contributed by atoms with Crippen LogP contribution in [0.5, 0.6) is 5.75 Å². The lowest BCUT2D eigenvalue weighted by atomic mass is 9.99. The van der Waals surface area contributed by atoms with Gasteiger partial charge in [-0.2, -0.15) is 0 Å². The molecule has 1 unspecified atom stereocenters. The molecule has 90 valence electrons. The molecule has 0 aromatic heterocycles. The highest BCUT2D eigenvalue weighted by atomic mass is 16.5. The number of hydrogen-bond donors (Lipinski definition) is 1. The quantitative estimate of drug-likeness (QED) is 0.829. The van der Waals surface area contributed by atoms with Crippen LogP contribution in [-0.2, 0) is 6.42 Å². The number of benzene rings is 1. The van der Waals surface area contributed by atoms with E-state index in [9.17, 15) is 0 Å². The second-order valence-electron chi connectivity index (χ2n) is 4.41. The van der Waals surface area contributed by atoms with Gasteiger partial charge in [0.2, 0.25) is 0 Å². The van der Waals surface area contributed by atoms with Gasteiger partial charge in [-0.25, -0.2) is 0 Å². The molecule has 0 saturated carbocycles. The Kier molecular flexibility index (Phi) is 4.81. The lowest BCUT2D eigenvalue weighted by molar-refractivity contribution is 0.404. The Hall–Kier alpha value is -1.02. The highest BCUT2D eigenvalue weighted by molar-refractivity contribution is 5.45. The van der Waals surface area contributed by atoms with Gasteiger partial charge in [-0.3, -0.25) is 0 Å². The highest BCUT2D eigenvalue weighted by Gasteiger charge is 2.09. The third-order valence-electron chi connectivity index (χ3n) is 3.27. The number of ether oxygens (including phenoxy) is 1. The van der Waals surface area contributed by atoms with E-state index in [1.165, 1.54) is 16.7 Å². The fourth-order valence-electron chi connectivity index (χ4n) is 1.87. The minimum Gasteiger partial charge on any atom is -0.496 e. The molecule has 0 amide bonds. The second kappa shape index (κ2) is 5.90. The van der Waals surface area contributed by atoms with Crippen molar-refractivity contribution in [1.29, 1.82) is 0 Å². The van der Waals surface area contributed by atoms with Crippen LogP contribution in [-0.4, -0.2) is 13.2 Å². The van der Waals surface area contributed by atoms with Crippen molar-refractivity contribution in [1.82, 2.24) is 0 Å². The van der Waals surface area contributed by atoms with Gasteiger partial charge in [0, 0.05) is 6.04 Å². The van der Waals surface area contributed by atoms with Crippen molar-refractivity contribution in [3.05, 3.63) is 28.8 Å². The Morgan fingerprint density at radius 2 is 2.00 bits per heavy atom. The van der Waals surface area contributed by atoms with E-state index in [0.717, 1.165) is 25.0 Å². The Morgan fingerprint density at radius 1 is 1.31 bits per heavy atom. The summed E-state index contributed by atoms with van der Waals surface area (Å²) in [4.78, 5) is 0. The van der Waals surface area contributed by atoms with Crippen LogP contribution in [0.2, 0.25) is 0 Å². The number of hydrogen-bond acceptors (Lipinski definition) is 2. The first-order valence-electron chi connectivity index (χ1n) is 5.98. The molecule has 0 fully saturated rings. The summed E-state index contributed by atoms with van der Waals surface area (Å²) in [5, 5.41) is 0. The van der Waals surface area contributed by atoms with E-state index in [2.05, 4.69) is 32.9 Å². The van der Waals surface area contributed by atoms with Crippen molar-refractivity contribution in [3.63, 3.8) is 0 Å². The first kappa shape index (κ1) is 13.0. The van der Waals surface area contributed by atoms with E-state index in [1.54, 1.807) is 7.11 Å². The second-order valence-corrected chi connectivity index (χ2v) is 4.41. The molecule has 1 atom stereocenters. The maximum Gasteiger partial charge on any atom is 0.125 e. The van der Waals surface area contributed by atoms with Crippen LogP contribution in [0.25, 0.3) is 0 Å². The summed E-state index contributed by atoms with van der Waals surface area (Å²) < 4.78 is 5.48. The van der Waals surface area contributed by atoms with Crippen molar-refractivity contribution in [2.75, 3.05) is 7.11 Å². The van der Waals surface area contributed by atoms with Crippen molar-refractivity contribution in [3.8, 4) is 5.75 Å². The fourth-order valence-corrected chi connectivity index (χ4v) is 1.87. The highest BCUT2D eigenvalue weighted by Crippen LogP contribution is 2.27. The number of rotatable bonds is 5. The summed E-state index contributed by atoms with van der Waals surface area (Å²) in [6.45, 7) is 6.35.